The first kappa shape index (κ1) is 18.8. The quantitative estimate of drug-likeness (QED) is 0.245. The van der Waals surface area contributed by atoms with Gasteiger partial charge in [0.1, 0.15) is 5.75 Å². The molecule has 1 aliphatic heterocycles. The second kappa shape index (κ2) is 7.15. The van der Waals surface area contributed by atoms with Crippen LogP contribution in [0, 0.1) is 30.8 Å². The summed E-state index contributed by atoms with van der Waals surface area (Å²) in [5, 5.41) is 5.21. The first-order valence-corrected chi connectivity index (χ1v) is 10.5. The van der Waals surface area contributed by atoms with E-state index in [4.69, 9.17) is 10.5 Å². The van der Waals surface area contributed by atoms with E-state index in [1.54, 1.807) is 12.1 Å². The number of carbonyl (C=O) groups excluding carboxylic acids is 3. The van der Waals surface area contributed by atoms with Crippen molar-refractivity contribution in [2.75, 3.05) is 6.61 Å². The maximum absolute atomic E-state index is 12.6. The van der Waals surface area contributed by atoms with E-state index in [2.05, 4.69) is 62.4 Å². The van der Waals surface area contributed by atoms with Gasteiger partial charge in [0.05, 0.1) is 25.2 Å². The van der Waals surface area contributed by atoms with E-state index in [-0.39, 0.29) is 42.1 Å². The van der Waals surface area contributed by atoms with Crippen LogP contribution >= 0.6 is 45.2 Å². The zero-order chi connectivity index (χ0) is 19.3. The smallest absolute Gasteiger partial charge is 0.255 e. The minimum absolute atomic E-state index is 0.167. The number of nitrogens with two attached hydrogens (primary N) is 1. The Kier molecular flexibility index (Phi) is 4.99. The van der Waals surface area contributed by atoms with Gasteiger partial charge in [-0.1, -0.05) is 12.2 Å². The van der Waals surface area contributed by atoms with Crippen LogP contribution in [0.5, 0.6) is 5.75 Å². The molecule has 1 saturated carbocycles. The monoisotopic (exact) mass is 591 g/mol. The molecule has 3 aliphatic rings. The van der Waals surface area contributed by atoms with Crippen LogP contribution in [0.15, 0.2) is 29.4 Å². The van der Waals surface area contributed by atoms with Crippen LogP contribution in [0.25, 0.3) is 0 Å². The molecule has 1 aromatic carbocycles. The largest absolute Gasteiger partial charge is 0.482 e. The predicted molar refractivity (Wildman–Crippen MR) is 114 cm³/mol. The first-order chi connectivity index (χ1) is 12.9. The minimum Gasteiger partial charge on any atom is -0.482 e. The molecule has 3 amide bonds. The van der Waals surface area contributed by atoms with Crippen molar-refractivity contribution >= 4 is 69.1 Å². The van der Waals surface area contributed by atoms with Crippen LogP contribution in [0.2, 0.25) is 0 Å². The number of halogens is 2. The summed E-state index contributed by atoms with van der Waals surface area (Å²) in [7, 11) is 0. The number of fused-ring (bicyclic) bond motifs is 5. The maximum Gasteiger partial charge on any atom is 0.255 e. The zero-order valence-electron chi connectivity index (χ0n) is 14.0. The Morgan fingerprint density at radius 3 is 2.26 bits per heavy atom. The molecule has 4 atom stereocenters. The van der Waals surface area contributed by atoms with Crippen molar-refractivity contribution in [1.29, 1.82) is 0 Å². The summed E-state index contributed by atoms with van der Waals surface area (Å²) in [4.78, 5) is 36.2. The van der Waals surface area contributed by atoms with Crippen molar-refractivity contribution in [3.05, 3.63) is 37.0 Å². The highest BCUT2D eigenvalue weighted by Gasteiger charge is 2.59. The Bertz CT molecular complexity index is 861. The average molecular weight is 591 g/mol. The van der Waals surface area contributed by atoms with E-state index in [0.717, 1.165) is 24.1 Å². The Hall–Kier alpha value is -1.50. The van der Waals surface area contributed by atoms with Gasteiger partial charge in [-0.15, -0.1) is 0 Å². The summed E-state index contributed by atoms with van der Waals surface area (Å²) >= 11 is 4.18. The summed E-state index contributed by atoms with van der Waals surface area (Å²) in [6.45, 7) is -0.199. The van der Waals surface area contributed by atoms with E-state index < -0.39 is 5.91 Å². The van der Waals surface area contributed by atoms with Crippen LogP contribution in [0.1, 0.15) is 12.0 Å². The van der Waals surface area contributed by atoms with Gasteiger partial charge >= 0.3 is 0 Å². The predicted octanol–water partition coefficient (Wildman–Crippen LogP) is 1.90. The molecule has 0 spiro atoms. The summed E-state index contributed by atoms with van der Waals surface area (Å²) in [5.74, 6) is -0.567. The highest BCUT2D eigenvalue weighted by atomic mass is 127. The number of amides is 3. The van der Waals surface area contributed by atoms with Crippen molar-refractivity contribution in [2.45, 2.75) is 6.42 Å². The Morgan fingerprint density at radius 1 is 1.19 bits per heavy atom. The molecule has 1 saturated heterocycles. The van der Waals surface area contributed by atoms with E-state index >= 15 is 0 Å². The molecule has 2 aliphatic carbocycles. The summed E-state index contributed by atoms with van der Waals surface area (Å²) in [6.07, 6.45) is 6.52. The van der Waals surface area contributed by atoms with Gasteiger partial charge in [0, 0.05) is 0 Å². The van der Waals surface area contributed by atoms with E-state index in [1.165, 1.54) is 6.21 Å². The fourth-order valence-corrected chi connectivity index (χ4v) is 6.19. The molecular formula is C18H15I2N3O4. The van der Waals surface area contributed by atoms with Crippen molar-refractivity contribution in [3.63, 3.8) is 0 Å². The Morgan fingerprint density at radius 2 is 1.74 bits per heavy atom. The summed E-state index contributed by atoms with van der Waals surface area (Å²) in [6, 6.07) is 3.61. The molecule has 0 radical (unpaired) electrons. The molecule has 0 aromatic heterocycles. The summed E-state index contributed by atoms with van der Waals surface area (Å²) in [5.41, 5.74) is 5.84. The number of benzene rings is 1. The third kappa shape index (κ3) is 3.28. The molecular weight excluding hydrogens is 576 g/mol. The number of ether oxygens (including phenoxy) is 1. The van der Waals surface area contributed by atoms with Crippen LogP contribution in [0.3, 0.4) is 0 Å². The standard InChI is InChI=1S/C18H15I2N3O4/c19-11-3-8(4-12(20)16(11)27-7-13(21)24)6-22-23-17(25)14-9-1-2-10(5-9)15(14)18(23)26/h1-4,6,9-10,14-15H,5,7H2,(H2,21,24)/t9-,10-,14-,15+/m0/s1. The third-order valence-electron chi connectivity index (χ3n) is 5.15. The van der Waals surface area contributed by atoms with Crippen molar-refractivity contribution in [2.24, 2.45) is 34.5 Å². The first-order valence-electron chi connectivity index (χ1n) is 8.37. The maximum atomic E-state index is 12.6. The van der Waals surface area contributed by atoms with E-state index in [1.807, 2.05) is 0 Å². The number of hydrogen-bond donors (Lipinski definition) is 1. The Labute approximate surface area is 182 Å². The third-order valence-corrected chi connectivity index (χ3v) is 6.75. The van der Waals surface area contributed by atoms with Gasteiger partial charge in [0.25, 0.3) is 17.7 Å². The minimum atomic E-state index is -0.549. The molecule has 140 valence electrons. The molecule has 2 N–H and O–H groups in total. The number of imide groups is 1. The van der Waals surface area contributed by atoms with Crippen molar-refractivity contribution in [1.82, 2.24) is 5.01 Å². The molecule has 4 rings (SSSR count). The van der Waals surface area contributed by atoms with Gasteiger partial charge in [-0.3, -0.25) is 14.4 Å². The number of hydrogen-bond acceptors (Lipinski definition) is 5. The molecule has 9 heteroatoms. The van der Waals surface area contributed by atoms with Gasteiger partial charge < -0.3 is 10.5 Å². The van der Waals surface area contributed by atoms with Crippen molar-refractivity contribution in [3.8, 4) is 5.75 Å². The second-order valence-electron chi connectivity index (χ2n) is 6.80. The lowest BCUT2D eigenvalue weighted by atomic mass is 9.85. The Balaban J connectivity index is 1.53. The molecule has 27 heavy (non-hydrogen) atoms. The highest BCUT2D eigenvalue weighted by molar-refractivity contribution is 14.1. The molecule has 7 nitrogen and oxygen atoms in total. The van der Waals surface area contributed by atoms with E-state index in [0.29, 0.717) is 5.75 Å². The summed E-state index contributed by atoms with van der Waals surface area (Å²) < 4.78 is 6.97. The lowest BCUT2D eigenvalue weighted by Crippen LogP contribution is -2.28. The molecule has 2 bridgehead atoms. The number of carbonyl (C=O) groups is 3. The molecule has 0 unspecified atom stereocenters. The van der Waals surface area contributed by atoms with Gasteiger partial charge in [-0.2, -0.15) is 10.1 Å². The van der Waals surface area contributed by atoms with Crippen LogP contribution in [0.4, 0.5) is 0 Å². The number of allylic oxidation sites excluding steroid dienone is 2. The molecule has 1 heterocycles. The van der Waals surface area contributed by atoms with Crippen LogP contribution in [-0.4, -0.2) is 35.6 Å². The van der Waals surface area contributed by atoms with Gasteiger partial charge in [0.2, 0.25) is 0 Å². The molecule has 1 aromatic rings. The lowest BCUT2D eigenvalue weighted by molar-refractivity contribution is -0.140. The van der Waals surface area contributed by atoms with Crippen LogP contribution in [-0.2, 0) is 14.4 Å². The lowest BCUT2D eigenvalue weighted by Gasteiger charge is -2.13. The molecule has 2 fully saturated rings. The van der Waals surface area contributed by atoms with Crippen molar-refractivity contribution < 1.29 is 19.1 Å². The topological polar surface area (TPSA) is 102 Å². The number of nitrogens with zero attached hydrogens (tertiary/aromatic N) is 2. The number of primary amides is 1. The highest BCUT2D eigenvalue weighted by Crippen LogP contribution is 2.52. The van der Waals surface area contributed by atoms with E-state index in [9.17, 15) is 14.4 Å². The normalized spacial score (nSPS) is 28.4. The zero-order valence-corrected chi connectivity index (χ0v) is 18.3. The van der Waals surface area contributed by atoms with Gasteiger partial charge in [-0.05, 0) is 81.1 Å². The van der Waals surface area contributed by atoms with Gasteiger partial charge in [-0.25, -0.2) is 0 Å². The second-order valence-corrected chi connectivity index (χ2v) is 9.13. The fourth-order valence-electron chi connectivity index (χ4n) is 4.06. The average Bonchev–Trinajstić information content (AvgIpc) is 3.27. The van der Waals surface area contributed by atoms with Gasteiger partial charge in [0.15, 0.2) is 6.61 Å². The van der Waals surface area contributed by atoms with Crippen LogP contribution < -0.4 is 10.5 Å². The number of rotatable bonds is 5. The SMILES string of the molecule is NC(=O)COc1c(I)cc(C=NN2C(=O)[C@@H]3[C@H](C2=O)[C@H]2C=C[C@H]3C2)cc1I. The fraction of sp³-hybridized carbons (Fsp3) is 0.333. The number of hydrazone groups is 1.